The second-order valence-corrected chi connectivity index (χ2v) is 5.50. The molecule has 0 bridgehead atoms. The van der Waals surface area contributed by atoms with Crippen molar-refractivity contribution in [2.75, 3.05) is 24.4 Å². The van der Waals surface area contributed by atoms with Crippen LogP contribution in [0.5, 0.6) is 0 Å². The van der Waals surface area contributed by atoms with Crippen molar-refractivity contribution in [2.24, 2.45) is 0 Å². The van der Waals surface area contributed by atoms with Crippen molar-refractivity contribution in [1.82, 2.24) is 5.32 Å². The fraction of sp³-hybridized carbons (Fsp3) is 0.222. The molecule has 2 rings (SSSR count). The molecule has 7 heteroatoms. The Morgan fingerprint density at radius 1 is 1.08 bits per heavy atom. The van der Waals surface area contributed by atoms with Crippen molar-refractivity contribution in [3.8, 4) is 0 Å². The van der Waals surface area contributed by atoms with Crippen LogP contribution in [0.2, 0.25) is 0 Å². The highest BCUT2D eigenvalue weighted by atomic mass is 19.1. The fourth-order valence-corrected chi connectivity index (χ4v) is 2.19. The first kappa shape index (κ1) is 18.4. The summed E-state index contributed by atoms with van der Waals surface area (Å²) in [6.45, 7) is 2.20. The molecule has 0 aliphatic rings. The van der Waals surface area contributed by atoms with E-state index < -0.39 is 17.8 Å². The molecule has 2 aromatic carbocycles. The maximum absolute atomic E-state index is 13.2. The Morgan fingerprint density at radius 2 is 1.76 bits per heavy atom. The second-order valence-electron chi connectivity index (χ2n) is 5.50. The minimum atomic E-state index is -0.435. The minimum Gasteiger partial charge on any atom is -0.383 e. The smallest absolute Gasteiger partial charge is 0.319 e. The van der Waals surface area contributed by atoms with E-state index in [1.54, 1.807) is 31.4 Å². The number of halogens is 1. The van der Waals surface area contributed by atoms with Gasteiger partial charge in [-0.3, -0.25) is 4.79 Å². The molecule has 3 amide bonds. The van der Waals surface area contributed by atoms with Gasteiger partial charge in [0.2, 0.25) is 0 Å². The van der Waals surface area contributed by atoms with Gasteiger partial charge in [-0.05, 0) is 43.3 Å². The van der Waals surface area contributed by atoms with Gasteiger partial charge < -0.3 is 20.7 Å². The zero-order valence-corrected chi connectivity index (χ0v) is 14.0. The molecule has 0 saturated carbocycles. The molecule has 0 heterocycles. The second kappa shape index (κ2) is 8.79. The number of anilines is 2. The summed E-state index contributed by atoms with van der Waals surface area (Å²) in [6, 6.07) is 11.5. The molecule has 0 aliphatic heterocycles. The van der Waals surface area contributed by atoms with Crippen molar-refractivity contribution in [1.29, 1.82) is 0 Å². The average Bonchev–Trinajstić information content (AvgIpc) is 2.55. The van der Waals surface area contributed by atoms with E-state index in [0.29, 0.717) is 23.5 Å². The molecule has 0 aliphatic carbocycles. The molecule has 2 aromatic rings. The lowest BCUT2D eigenvalue weighted by Gasteiger charge is -2.14. The molecular weight excluding hydrogens is 325 g/mol. The first-order valence-electron chi connectivity index (χ1n) is 7.71. The summed E-state index contributed by atoms with van der Waals surface area (Å²) in [5.41, 5.74) is 1.16. The monoisotopic (exact) mass is 345 g/mol. The highest BCUT2D eigenvalue weighted by molar-refractivity contribution is 6.05. The van der Waals surface area contributed by atoms with Crippen LogP contribution in [0.25, 0.3) is 0 Å². The van der Waals surface area contributed by atoms with Gasteiger partial charge >= 0.3 is 6.03 Å². The van der Waals surface area contributed by atoms with E-state index in [0.717, 1.165) is 0 Å². The molecule has 0 fully saturated rings. The van der Waals surface area contributed by atoms with E-state index in [2.05, 4.69) is 16.0 Å². The summed E-state index contributed by atoms with van der Waals surface area (Å²) in [4.78, 5) is 24.1. The summed E-state index contributed by atoms with van der Waals surface area (Å²) < 4.78 is 18.1. The van der Waals surface area contributed by atoms with Gasteiger partial charge in [0.15, 0.2) is 0 Å². The van der Waals surface area contributed by atoms with Gasteiger partial charge in [-0.1, -0.05) is 12.1 Å². The number of ether oxygens (including phenoxy) is 1. The fourth-order valence-electron chi connectivity index (χ4n) is 2.19. The van der Waals surface area contributed by atoms with Crippen LogP contribution in [-0.4, -0.2) is 31.7 Å². The van der Waals surface area contributed by atoms with E-state index in [1.165, 1.54) is 24.3 Å². The van der Waals surface area contributed by atoms with Crippen LogP contribution in [0.3, 0.4) is 0 Å². The Balaban J connectivity index is 2.00. The number of nitrogens with one attached hydrogen (secondary N) is 3. The Kier molecular flexibility index (Phi) is 6.47. The zero-order chi connectivity index (χ0) is 18.2. The SMILES string of the molecule is COCC(C)NC(=O)Nc1cccc(C(=O)Nc2cccc(F)c2)c1. The predicted octanol–water partition coefficient (Wildman–Crippen LogP) is 3.23. The first-order chi connectivity index (χ1) is 12.0. The van der Waals surface area contributed by atoms with Gasteiger partial charge in [0.25, 0.3) is 5.91 Å². The molecule has 0 saturated heterocycles. The van der Waals surface area contributed by atoms with Crippen molar-refractivity contribution in [3.05, 3.63) is 59.9 Å². The van der Waals surface area contributed by atoms with Crippen LogP contribution >= 0.6 is 0 Å². The van der Waals surface area contributed by atoms with E-state index in [9.17, 15) is 14.0 Å². The largest absolute Gasteiger partial charge is 0.383 e. The molecule has 0 radical (unpaired) electrons. The third-order valence-electron chi connectivity index (χ3n) is 3.26. The molecule has 132 valence electrons. The van der Waals surface area contributed by atoms with Gasteiger partial charge in [-0.25, -0.2) is 9.18 Å². The Morgan fingerprint density at radius 3 is 2.44 bits per heavy atom. The standard InChI is InChI=1S/C18H20FN3O3/c1-12(11-25-2)20-18(24)22-15-7-3-5-13(9-15)17(23)21-16-8-4-6-14(19)10-16/h3-10,12H,11H2,1-2H3,(H,21,23)(H2,20,22,24). The van der Waals surface area contributed by atoms with Crippen molar-refractivity contribution in [2.45, 2.75) is 13.0 Å². The molecule has 25 heavy (non-hydrogen) atoms. The number of benzene rings is 2. The number of carbonyl (C=O) groups excluding carboxylic acids is 2. The Labute approximate surface area is 145 Å². The third kappa shape index (κ3) is 5.89. The number of carbonyl (C=O) groups is 2. The number of rotatable bonds is 6. The maximum atomic E-state index is 13.2. The summed E-state index contributed by atoms with van der Waals surface area (Å²) in [5.74, 6) is -0.836. The van der Waals surface area contributed by atoms with E-state index in [4.69, 9.17) is 4.74 Å². The lowest BCUT2D eigenvalue weighted by atomic mass is 10.2. The van der Waals surface area contributed by atoms with Crippen molar-refractivity contribution >= 4 is 23.3 Å². The topological polar surface area (TPSA) is 79.5 Å². The predicted molar refractivity (Wildman–Crippen MR) is 94.3 cm³/mol. The van der Waals surface area contributed by atoms with E-state index in [-0.39, 0.29) is 6.04 Å². The number of hydrogen-bond donors (Lipinski definition) is 3. The summed E-state index contributed by atoms with van der Waals surface area (Å²) in [6.07, 6.45) is 0. The number of hydrogen-bond acceptors (Lipinski definition) is 3. The molecule has 0 spiro atoms. The third-order valence-corrected chi connectivity index (χ3v) is 3.26. The van der Waals surface area contributed by atoms with Gasteiger partial charge in [0.1, 0.15) is 5.82 Å². The van der Waals surface area contributed by atoms with Crippen molar-refractivity contribution in [3.63, 3.8) is 0 Å². The average molecular weight is 345 g/mol. The molecule has 1 atom stereocenters. The van der Waals surface area contributed by atoms with Crippen LogP contribution < -0.4 is 16.0 Å². The van der Waals surface area contributed by atoms with E-state index >= 15 is 0 Å². The molecule has 6 nitrogen and oxygen atoms in total. The number of amides is 3. The first-order valence-corrected chi connectivity index (χ1v) is 7.71. The van der Waals surface area contributed by atoms with Gasteiger partial charge in [0.05, 0.1) is 12.6 Å². The Hall–Kier alpha value is -2.93. The lowest BCUT2D eigenvalue weighted by molar-refractivity contribution is 0.102. The maximum Gasteiger partial charge on any atom is 0.319 e. The summed E-state index contributed by atoms with van der Waals surface area (Å²) in [7, 11) is 1.55. The molecule has 3 N–H and O–H groups in total. The Bertz CT molecular complexity index is 752. The van der Waals surface area contributed by atoms with Crippen LogP contribution in [0.4, 0.5) is 20.6 Å². The summed E-state index contributed by atoms with van der Waals surface area (Å²) in [5, 5.41) is 7.97. The number of methoxy groups -OCH3 is 1. The highest BCUT2D eigenvalue weighted by Gasteiger charge is 2.10. The zero-order valence-electron chi connectivity index (χ0n) is 14.0. The molecular formula is C18H20FN3O3. The quantitative estimate of drug-likeness (QED) is 0.752. The van der Waals surface area contributed by atoms with Crippen LogP contribution in [0.15, 0.2) is 48.5 Å². The normalized spacial score (nSPS) is 11.5. The van der Waals surface area contributed by atoms with E-state index in [1.807, 2.05) is 6.92 Å². The van der Waals surface area contributed by atoms with Gasteiger partial charge in [-0.2, -0.15) is 0 Å². The van der Waals surface area contributed by atoms with Crippen LogP contribution in [0, 0.1) is 5.82 Å². The van der Waals surface area contributed by atoms with Gasteiger partial charge in [0, 0.05) is 24.0 Å². The highest BCUT2D eigenvalue weighted by Crippen LogP contribution is 2.14. The van der Waals surface area contributed by atoms with Crippen LogP contribution in [0.1, 0.15) is 17.3 Å². The molecule has 0 aromatic heterocycles. The van der Waals surface area contributed by atoms with Gasteiger partial charge in [-0.15, -0.1) is 0 Å². The number of urea groups is 1. The summed E-state index contributed by atoms with van der Waals surface area (Å²) >= 11 is 0. The van der Waals surface area contributed by atoms with Crippen molar-refractivity contribution < 1.29 is 18.7 Å². The molecule has 1 unspecified atom stereocenters. The minimum absolute atomic E-state index is 0.149. The lowest BCUT2D eigenvalue weighted by Crippen LogP contribution is -2.38. The van der Waals surface area contributed by atoms with Crippen LogP contribution in [-0.2, 0) is 4.74 Å².